The van der Waals surface area contributed by atoms with E-state index in [1.807, 2.05) is 6.92 Å². The molecular formula is C11H14F3N3. The smallest absolute Gasteiger partial charge is 0.308 e. The maximum absolute atomic E-state index is 12.3. The van der Waals surface area contributed by atoms with E-state index in [0.29, 0.717) is 17.9 Å². The van der Waals surface area contributed by atoms with Gasteiger partial charge in [0.2, 0.25) is 0 Å². The highest BCUT2D eigenvalue weighted by Crippen LogP contribution is 2.29. The number of benzene rings is 1. The summed E-state index contributed by atoms with van der Waals surface area (Å²) in [5.74, 6) is 5.66. The van der Waals surface area contributed by atoms with Crippen molar-refractivity contribution >= 4 is 5.84 Å². The molecule has 0 fully saturated rings. The van der Waals surface area contributed by atoms with Crippen molar-refractivity contribution in [1.82, 2.24) is 5.43 Å². The normalized spacial score (nSPS) is 12.6. The zero-order valence-electron chi connectivity index (χ0n) is 9.38. The molecule has 1 aromatic carbocycles. The van der Waals surface area contributed by atoms with Crippen molar-refractivity contribution < 1.29 is 13.2 Å². The number of amidine groups is 1. The van der Waals surface area contributed by atoms with Gasteiger partial charge in [-0.05, 0) is 18.6 Å². The van der Waals surface area contributed by atoms with Gasteiger partial charge in [-0.25, -0.2) is 5.84 Å². The quantitative estimate of drug-likeness (QED) is 0.371. The first-order chi connectivity index (χ1) is 7.99. The number of hydrogen-bond donors (Lipinski definition) is 2. The number of hydrogen-bond acceptors (Lipinski definition) is 2. The first-order valence-corrected chi connectivity index (χ1v) is 5.17. The van der Waals surface area contributed by atoms with Crippen LogP contribution in [0.4, 0.5) is 13.2 Å². The molecule has 0 atom stereocenters. The lowest BCUT2D eigenvalue weighted by Gasteiger charge is -2.09. The lowest BCUT2D eigenvalue weighted by molar-refractivity contribution is -0.137. The predicted octanol–water partition coefficient (Wildman–Crippen LogP) is 2.33. The van der Waals surface area contributed by atoms with E-state index in [9.17, 15) is 13.2 Å². The highest BCUT2D eigenvalue weighted by atomic mass is 19.4. The van der Waals surface area contributed by atoms with Gasteiger partial charge in [0.25, 0.3) is 0 Å². The summed E-state index contributed by atoms with van der Waals surface area (Å²) in [5, 5.41) is 0. The molecule has 0 amide bonds. The Kier molecular flexibility index (Phi) is 4.51. The molecule has 3 nitrogen and oxygen atoms in total. The molecule has 17 heavy (non-hydrogen) atoms. The molecule has 1 rings (SSSR count). The molecule has 0 aliphatic carbocycles. The number of halogens is 3. The fraction of sp³-hybridized carbons (Fsp3) is 0.364. The van der Waals surface area contributed by atoms with Crippen LogP contribution in [0.2, 0.25) is 0 Å². The van der Waals surface area contributed by atoms with E-state index in [1.165, 1.54) is 12.1 Å². The number of alkyl halides is 3. The number of nitrogens with one attached hydrogen (secondary N) is 1. The molecule has 0 aliphatic heterocycles. The first-order valence-electron chi connectivity index (χ1n) is 5.17. The van der Waals surface area contributed by atoms with Crippen LogP contribution in [0, 0.1) is 0 Å². The van der Waals surface area contributed by atoms with Crippen molar-refractivity contribution in [2.24, 2.45) is 10.8 Å². The van der Waals surface area contributed by atoms with E-state index in [2.05, 4.69) is 10.4 Å². The molecule has 1 aromatic rings. The second-order valence-electron chi connectivity index (χ2n) is 3.45. The Labute approximate surface area is 97.5 Å². The monoisotopic (exact) mass is 245 g/mol. The molecular weight excluding hydrogens is 231 g/mol. The van der Waals surface area contributed by atoms with Crippen molar-refractivity contribution in [2.75, 3.05) is 6.54 Å². The molecule has 6 heteroatoms. The third kappa shape index (κ3) is 3.74. The standard InChI is InChI=1S/C11H14F3N3/c1-2-7-16-10(17-15)8-3-5-9(6-4-8)11(12,13)14/h3-6H,2,7,15H2,1H3,(H,16,17). The van der Waals surface area contributed by atoms with Crippen molar-refractivity contribution in [3.8, 4) is 0 Å². The minimum Gasteiger partial charge on any atom is -0.308 e. The van der Waals surface area contributed by atoms with Crippen LogP contribution >= 0.6 is 0 Å². The second-order valence-corrected chi connectivity index (χ2v) is 3.45. The molecule has 0 heterocycles. The van der Waals surface area contributed by atoms with Crippen molar-refractivity contribution in [3.05, 3.63) is 35.4 Å². The van der Waals surface area contributed by atoms with Crippen LogP contribution < -0.4 is 11.3 Å². The maximum Gasteiger partial charge on any atom is 0.416 e. The summed E-state index contributed by atoms with van der Waals surface area (Å²) in [6, 6.07) is 4.70. The lowest BCUT2D eigenvalue weighted by Crippen LogP contribution is -2.31. The van der Waals surface area contributed by atoms with Crippen LogP contribution in [0.3, 0.4) is 0 Å². The number of aliphatic imine (C=N–C) groups is 1. The van der Waals surface area contributed by atoms with E-state index in [1.54, 1.807) is 0 Å². The van der Waals surface area contributed by atoms with Gasteiger partial charge in [-0.3, -0.25) is 4.99 Å². The third-order valence-corrected chi connectivity index (χ3v) is 2.12. The highest BCUT2D eigenvalue weighted by molar-refractivity contribution is 5.98. The van der Waals surface area contributed by atoms with E-state index >= 15 is 0 Å². The van der Waals surface area contributed by atoms with Crippen molar-refractivity contribution in [3.63, 3.8) is 0 Å². The van der Waals surface area contributed by atoms with Gasteiger partial charge in [-0.2, -0.15) is 13.2 Å². The van der Waals surface area contributed by atoms with Gasteiger partial charge in [0.15, 0.2) is 0 Å². The topological polar surface area (TPSA) is 50.4 Å². The summed E-state index contributed by atoms with van der Waals surface area (Å²) >= 11 is 0. The Morgan fingerprint density at radius 2 is 1.88 bits per heavy atom. The van der Waals surface area contributed by atoms with Gasteiger partial charge in [-0.1, -0.05) is 19.1 Å². The Balaban J connectivity index is 2.93. The number of rotatable bonds is 3. The fourth-order valence-corrected chi connectivity index (χ4v) is 1.26. The minimum absolute atomic E-state index is 0.389. The van der Waals surface area contributed by atoms with Gasteiger partial charge in [0.1, 0.15) is 5.84 Å². The summed E-state index contributed by atoms with van der Waals surface area (Å²) < 4.78 is 37.0. The van der Waals surface area contributed by atoms with Crippen molar-refractivity contribution in [2.45, 2.75) is 19.5 Å². The SMILES string of the molecule is CCCN=C(NN)c1ccc(C(F)(F)F)cc1. The Morgan fingerprint density at radius 1 is 1.29 bits per heavy atom. The fourth-order valence-electron chi connectivity index (χ4n) is 1.26. The van der Waals surface area contributed by atoms with E-state index in [0.717, 1.165) is 18.6 Å². The third-order valence-electron chi connectivity index (χ3n) is 2.12. The first kappa shape index (κ1) is 13.5. The van der Waals surface area contributed by atoms with Gasteiger partial charge in [0.05, 0.1) is 5.56 Å². The Morgan fingerprint density at radius 3 is 2.29 bits per heavy atom. The molecule has 0 aromatic heterocycles. The van der Waals surface area contributed by atoms with Crippen molar-refractivity contribution in [1.29, 1.82) is 0 Å². The molecule has 0 spiro atoms. The summed E-state index contributed by atoms with van der Waals surface area (Å²) in [7, 11) is 0. The molecule has 94 valence electrons. The summed E-state index contributed by atoms with van der Waals surface area (Å²) in [5.41, 5.74) is 2.23. The van der Waals surface area contributed by atoms with Gasteiger partial charge >= 0.3 is 6.18 Å². The molecule has 3 N–H and O–H groups in total. The molecule has 0 bridgehead atoms. The zero-order chi connectivity index (χ0) is 12.9. The molecule has 0 radical (unpaired) electrons. The Hall–Kier alpha value is -1.56. The van der Waals surface area contributed by atoms with E-state index in [4.69, 9.17) is 5.84 Å². The van der Waals surface area contributed by atoms with Gasteiger partial charge in [0, 0.05) is 12.1 Å². The highest BCUT2D eigenvalue weighted by Gasteiger charge is 2.30. The average Bonchev–Trinajstić information content (AvgIpc) is 2.29. The van der Waals surface area contributed by atoms with Crippen LogP contribution in [0.1, 0.15) is 24.5 Å². The van der Waals surface area contributed by atoms with Crippen LogP contribution in [0.25, 0.3) is 0 Å². The summed E-state index contributed by atoms with van der Waals surface area (Å²) in [6.07, 6.45) is -3.48. The van der Waals surface area contributed by atoms with Crippen LogP contribution in [-0.2, 0) is 6.18 Å². The van der Waals surface area contributed by atoms with E-state index in [-0.39, 0.29) is 0 Å². The number of nitrogens with two attached hydrogens (primary N) is 1. The Bertz CT molecular complexity index is 382. The lowest BCUT2D eigenvalue weighted by atomic mass is 10.1. The van der Waals surface area contributed by atoms with Crippen LogP contribution in [-0.4, -0.2) is 12.4 Å². The van der Waals surface area contributed by atoms with Crippen LogP contribution in [0.5, 0.6) is 0 Å². The molecule has 0 aliphatic rings. The molecule has 0 unspecified atom stereocenters. The average molecular weight is 245 g/mol. The summed E-state index contributed by atoms with van der Waals surface area (Å²) in [6.45, 7) is 2.52. The zero-order valence-corrected chi connectivity index (χ0v) is 9.38. The largest absolute Gasteiger partial charge is 0.416 e. The number of nitrogens with zero attached hydrogens (tertiary/aromatic N) is 1. The molecule has 0 saturated carbocycles. The summed E-state index contributed by atoms with van der Waals surface area (Å²) in [4.78, 5) is 4.12. The maximum atomic E-state index is 12.3. The van der Waals surface area contributed by atoms with Crippen LogP contribution in [0.15, 0.2) is 29.3 Å². The predicted molar refractivity (Wildman–Crippen MR) is 60.5 cm³/mol. The second kappa shape index (κ2) is 5.67. The molecule has 0 saturated heterocycles. The van der Waals surface area contributed by atoms with Gasteiger partial charge in [-0.15, -0.1) is 0 Å². The van der Waals surface area contributed by atoms with Gasteiger partial charge < -0.3 is 5.43 Å². The minimum atomic E-state index is -4.32. The number of hydrazine groups is 1. The van der Waals surface area contributed by atoms with E-state index < -0.39 is 11.7 Å².